The standard InChI is InChI=1S/C77H116N20O19S/c1-41(2)34-53(93-74(114)59-22-15-33-97(59)76(116)52(20-12-13-31-78)89-66(106)51(28-30-62(102)103)87-65(105)48(79)36-46-23-25-47(99)26-24-46)68(108)88-50(27-29-60(80)100)67(107)92-57(39-61(81)101)71(111)90-56(38-45-18-10-7-11-19-45)72(112)96-63(43(5)98)75(115)94-54(35-42(3)4)69(109)95-58(40-117)73(113)91-55(37-44-16-8-6-9-17-44)70(110)86-49(64(82)104)21-14-32-85-77(83)84/h6-11,16-19,23-26,41-43,48-59,63,98-99,117H,12-15,20-22,27-40,78-79H2,1-5H3,(H2,80,100)(H2,81,101)(H2,82,104)(H,86,110)(H,87,105)(H,88,108)(H,89,106)(H,90,111)(H,91,113)(H,92,107)(H,93,114)(H,94,115)(H,95,109)(H,96,112)(H,102,103)(H4,83,84,85)/t43-,48+,49+,50+,51+,52+,53+,54+,55+,56+,57+,58+,59+,63+/m1/s1. The molecule has 117 heavy (non-hydrogen) atoms. The van der Waals surface area contributed by atoms with Gasteiger partial charge >= 0.3 is 5.97 Å². The van der Waals surface area contributed by atoms with Crippen LogP contribution in [0.5, 0.6) is 5.75 Å². The lowest BCUT2D eigenvalue weighted by molar-refractivity contribution is -0.143. The predicted octanol–water partition coefficient (Wildman–Crippen LogP) is -4.64. The zero-order valence-corrected chi connectivity index (χ0v) is 67.3. The number of guanidine groups is 1. The Morgan fingerprint density at radius 3 is 1.42 bits per heavy atom. The van der Waals surface area contributed by atoms with Gasteiger partial charge in [0.2, 0.25) is 88.6 Å². The second-order valence-corrected chi connectivity index (χ2v) is 30.0. The number of thiol groups is 1. The number of aliphatic hydroxyl groups is 1. The number of hydrogen-bond acceptors (Lipinski definition) is 22. The highest BCUT2D eigenvalue weighted by atomic mass is 32.1. The SMILES string of the molecule is CC(C)C[C@H](NC(=O)[C@@H](NC(=O)[C@H](Cc1ccccc1)NC(=O)[C@H](CC(N)=O)NC(=O)[C@H](CCC(N)=O)NC(=O)[C@H](CC(C)C)NC(=O)[C@@H]1CCCN1C(=O)[C@H](CCCCN)NC(=O)[C@H](CCC(=O)O)NC(=O)[C@@H](N)Cc1ccc(O)cc1)[C@@H](C)O)C(=O)N[C@@H](CS)C(=O)N[C@@H](Cc1ccccc1)C(=O)N[C@@H](CCCNC(=N)N)C(N)=O. The quantitative estimate of drug-likeness (QED) is 0.0109. The number of amides is 15. The van der Waals surface area contributed by atoms with Gasteiger partial charge in [0.15, 0.2) is 5.96 Å². The Kier molecular flexibility index (Phi) is 41.9. The van der Waals surface area contributed by atoms with Gasteiger partial charge in [-0.15, -0.1) is 0 Å². The molecular formula is C77H116N20O19S. The Labute approximate surface area is 683 Å². The first kappa shape index (κ1) is 97.8. The maximum atomic E-state index is 14.7. The van der Waals surface area contributed by atoms with Gasteiger partial charge in [0.1, 0.15) is 78.3 Å². The number of aliphatic carboxylic acids is 1. The number of phenolic OH excluding ortho intramolecular Hbond substituents is 1. The molecule has 40 heteroatoms. The Morgan fingerprint density at radius 1 is 0.487 bits per heavy atom. The molecule has 0 saturated carbocycles. The number of aromatic hydroxyl groups is 1. The highest BCUT2D eigenvalue weighted by molar-refractivity contribution is 7.80. The number of primary amides is 3. The number of unbranched alkanes of at least 4 members (excludes halogenated alkanes) is 1. The van der Waals surface area contributed by atoms with E-state index in [2.05, 4.69) is 76.4 Å². The van der Waals surface area contributed by atoms with Crippen molar-refractivity contribution in [3.63, 3.8) is 0 Å². The lowest BCUT2D eigenvalue weighted by Crippen LogP contribution is -2.62. The van der Waals surface area contributed by atoms with Crippen LogP contribution in [-0.4, -0.2) is 231 Å². The fourth-order valence-electron chi connectivity index (χ4n) is 12.6. The number of nitrogens with one attached hydrogen (secondary N) is 13. The monoisotopic (exact) mass is 1660 g/mol. The molecule has 0 unspecified atom stereocenters. The number of likely N-dealkylation sites (tertiary alicyclic amines) is 1. The van der Waals surface area contributed by atoms with Gasteiger partial charge in [-0.3, -0.25) is 82.1 Å². The van der Waals surface area contributed by atoms with Crippen LogP contribution >= 0.6 is 12.6 Å². The number of rotatable bonds is 52. The highest BCUT2D eigenvalue weighted by Gasteiger charge is 2.42. The number of nitrogens with zero attached hydrogens (tertiary/aromatic N) is 1. The molecular weight excluding hydrogens is 1540 g/mol. The minimum absolute atomic E-state index is 0.00899. The Balaban J connectivity index is 1.57. The summed E-state index contributed by atoms with van der Waals surface area (Å²) in [5, 5.41) is 68.2. The summed E-state index contributed by atoms with van der Waals surface area (Å²) in [4.78, 5) is 222. The largest absolute Gasteiger partial charge is 0.508 e. The van der Waals surface area contributed by atoms with E-state index in [9.17, 15) is 92.0 Å². The van der Waals surface area contributed by atoms with Crippen molar-refractivity contribution in [3.05, 3.63) is 102 Å². The zero-order valence-electron chi connectivity index (χ0n) is 66.4. The van der Waals surface area contributed by atoms with E-state index in [1.165, 1.54) is 29.2 Å². The first-order valence-corrected chi connectivity index (χ1v) is 39.3. The van der Waals surface area contributed by atoms with Crippen LogP contribution in [0.2, 0.25) is 0 Å². The van der Waals surface area contributed by atoms with Crippen molar-refractivity contribution in [2.24, 2.45) is 46.2 Å². The summed E-state index contributed by atoms with van der Waals surface area (Å²) in [5.41, 5.74) is 35.7. The molecule has 644 valence electrons. The van der Waals surface area contributed by atoms with E-state index in [0.29, 0.717) is 23.1 Å². The average molecular weight is 1660 g/mol. The van der Waals surface area contributed by atoms with Gasteiger partial charge in [0, 0.05) is 44.5 Å². The maximum absolute atomic E-state index is 14.7. The zero-order chi connectivity index (χ0) is 87.2. The molecule has 0 spiro atoms. The fourth-order valence-corrected chi connectivity index (χ4v) is 12.9. The predicted molar refractivity (Wildman–Crippen MR) is 431 cm³/mol. The maximum Gasteiger partial charge on any atom is 0.303 e. The number of carbonyl (C=O) groups is 16. The molecule has 0 radical (unpaired) electrons. The van der Waals surface area contributed by atoms with E-state index < -0.39 is 211 Å². The molecule has 3 aromatic carbocycles. The van der Waals surface area contributed by atoms with Crippen LogP contribution in [0.25, 0.3) is 0 Å². The number of carboxylic acids is 1. The number of hydrogen-bond donors (Lipinski definition) is 23. The Hall–Kier alpha value is -11.5. The molecule has 1 fully saturated rings. The van der Waals surface area contributed by atoms with Crippen LogP contribution in [0.4, 0.5) is 0 Å². The second-order valence-electron chi connectivity index (χ2n) is 29.6. The summed E-state index contributed by atoms with van der Waals surface area (Å²) >= 11 is 4.31. The molecule has 1 heterocycles. The van der Waals surface area contributed by atoms with Gasteiger partial charge < -0.3 is 118 Å². The van der Waals surface area contributed by atoms with Crippen molar-refractivity contribution in [1.82, 2.24) is 68.7 Å². The molecule has 15 amide bonds. The smallest absolute Gasteiger partial charge is 0.303 e. The topological polar surface area (TPSA) is 661 Å². The number of benzene rings is 3. The third-order valence-corrected chi connectivity index (χ3v) is 19.2. The van der Waals surface area contributed by atoms with Gasteiger partial charge in [-0.25, -0.2) is 0 Å². The first-order valence-electron chi connectivity index (χ1n) is 38.7. The lowest BCUT2D eigenvalue weighted by atomic mass is 10.0. The average Bonchev–Trinajstić information content (AvgIpc) is 1.72. The van der Waals surface area contributed by atoms with Gasteiger partial charge in [-0.05, 0) is 131 Å². The summed E-state index contributed by atoms with van der Waals surface area (Å²) in [6.07, 6.45) is -4.18. The van der Waals surface area contributed by atoms with Crippen LogP contribution in [0.1, 0.15) is 141 Å². The van der Waals surface area contributed by atoms with Gasteiger partial charge in [-0.2, -0.15) is 12.6 Å². The molecule has 0 aliphatic carbocycles. The van der Waals surface area contributed by atoms with Crippen molar-refractivity contribution < 1.29 is 92.0 Å². The molecule has 4 rings (SSSR count). The number of carbonyl (C=O) groups excluding carboxylic acids is 15. The molecule has 1 saturated heterocycles. The summed E-state index contributed by atoms with van der Waals surface area (Å²) in [7, 11) is 0. The summed E-state index contributed by atoms with van der Waals surface area (Å²) < 4.78 is 0. The fraction of sp³-hybridized carbons (Fsp3) is 0.545. The summed E-state index contributed by atoms with van der Waals surface area (Å²) in [6, 6.07) is 2.65. The van der Waals surface area contributed by atoms with E-state index in [-0.39, 0.29) is 120 Å². The third kappa shape index (κ3) is 35.2. The first-order chi connectivity index (χ1) is 55.3. The molecule has 14 atom stereocenters. The Bertz CT molecular complexity index is 3880. The molecule has 1 aliphatic rings. The number of aliphatic hydroxyl groups excluding tert-OH is 1. The van der Waals surface area contributed by atoms with Crippen LogP contribution in [0.3, 0.4) is 0 Å². The second kappa shape index (κ2) is 50.1. The van der Waals surface area contributed by atoms with Crippen molar-refractivity contribution in [2.45, 2.75) is 228 Å². The minimum atomic E-state index is -1.96. The number of phenols is 1. The summed E-state index contributed by atoms with van der Waals surface area (Å²) in [6.45, 7) is 8.33. The van der Waals surface area contributed by atoms with E-state index in [1.54, 1.807) is 88.4 Å². The van der Waals surface area contributed by atoms with Crippen molar-refractivity contribution in [3.8, 4) is 5.75 Å². The highest BCUT2D eigenvalue weighted by Crippen LogP contribution is 2.22. The van der Waals surface area contributed by atoms with Gasteiger partial charge in [0.25, 0.3) is 0 Å². The molecule has 0 bridgehead atoms. The van der Waals surface area contributed by atoms with E-state index >= 15 is 0 Å². The van der Waals surface area contributed by atoms with E-state index in [4.69, 9.17) is 39.8 Å². The van der Waals surface area contributed by atoms with Crippen molar-refractivity contribution >= 4 is 113 Å². The molecule has 3 aromatic rings. The van der Waals surface area contributed by atoms with E-state index in [0.717, 1.165) is 6.92 Å². The van der Waals surface area contributed by atoms with Gasteiger partial charge in [0.05, 0.1) is 18.6 Å². The van der Waals surface area contributed by atoms with Gasteiger partial charge in [-0.1, -0.05) is 100 Å². The van der Waals surface area contributed by atoms with Crippen molar-refractivity contribution in [1.29, 1.82) is 5.41 Å². The Morgan fingerprint density at radius 2 is 0.923 bits per heavy atom. The number of nitrogens with two attached hydrogens (primary N) is 6. The third-order valence-electron chi connectivity index (χ3n) is 18.8. The lowest BCUT2D eigenvalue weighted by Gasteiger charge is -2.31. The molecule has 0 aromatic heterocycles. The minimum Gasteiger partial charge on any atom is -0.508 e. The van der Waals surface area contributed by atoms with Crippen LogP contribution in [-0.2, 0) is 96.0 Å². The molecule has 28 N–H and O–H groups in total. The van der Waals surface area contributed by atoms with Crippen LogP contribution in [0, 0.1) is 17.2 Å². The summed E-state index contributed by atoms with van der Waals surface area (Å²) in [5.74, 6) is -17.4. The normalized spacial score (nSPS) is 15.8. The molecule has 39 nitrogen and oxygen atoms in total. The molecule has 1 aliphatic heterocycles. The van der Waals surface area contributed by atoms with Crippen molar-refractivity contribution in [2.75, 3.05) is 25.4 Å². The van der Waals surface area contributed by atoms with Crippen LogP contribution in [0.15, 0.2) is 84.9 Å². The van der Waals surface area contributed by atoms with Crippen LogP contribution < -0.4 is 98.2 Å². The van der Waals surface area contributed by atoms with E-state index in [1.807, 2.05) is 0 Å². The number of carboxylic acid groups (broad SMARTS) is 1.